The molecule has 1 aromatic heterocycles. The van der Waals surface area contributed by atoms with E-state index in [2.05, 4.69) is 31.2 Å². The highest BCUT2D eigenvalue weighted by Crippen LogP contribution is 2.43. The quantitative estimate of drug-likeness (QED) is 0.858. The van der Waals surface area contributed by atoms with Crippen molar-refractivity contribution in [3.63, 3.8) is 0 Å². The van der Waals surface area contributed by atoms with Crippen molar-refractivity contribution >= 4 is 33.3 Å². The summed E-state index contributed by atoms with van der Waals surface area (Å²) in [5.41, 5.74) is 1.51. The average Bonchev–Trinajstić information content (AvgIpc) is 3.30. The molecule has 1 N–H and O–H groups in total. The van der Waals surface area contributed by atoms with Crippen LogP contribution in [0, 0.1) is 5.82 Å². The number of anilines is 1. The Morgan fingerprint density at radius 3 is 2.81 bits per heavy atom. The normalized spacial score (nSPS) is 14.3. The summed E-state index contributed by atoms with van der Waals surface area (Å²) in [5.74, 6) is 1.43. The van der Waals surface area contributed by atoms with E-state index in [1.165, 1.54) is 6.07 Å². The van der Waals surface area contributed by atoms with Gasteiger partial charge in [0.15, 0.2) is 0 Å². The lowest BCUT2D eigenvalue weighted by atomic mass is 10.1. The van der Waals surface area contributed by atoms with Gasteiger partial charge in [0, 0.05) is 19.4 Å². The van der Waals surface area contributed by atoms with Gasteiger partial charge in [0.25, 0.3) is 0 Å². The summed E-state index contributed by atoms with van der Waals surface area (Å²) in [4.78, 5) is 9.05. The molecule has 0 radical (unpaired) electrons. The lowest BCUT2D eigenvalue weighted by Crippen LogP contribution is -2.06. The van der Waals surface area contributed by atoms with E-state index in [0.29, 0.717) is 23.7 Å². The summed E-state index contributed by atoms with van der Waals surface area (Å²) in [7, 11) is 1.81. The van der Waals surface area contributed by atoms with E-state index in [-0.39, 0.29) is 5.02 Å². The smallest absolute Gasteiger partial charge is 0.145 e. The van der Waals surface area contributed by atoms with Crippen LogP contribution in [0.25, 0.3) is 0 Å². The van der Waals surface area contributed by atoms with Crippen molar-refractivity contribution in [2.45, 2.75) is 25.2 Å². The molecule has 0 saturated heterocycles. The van der Waals surface area contributed by atoms with Crippen LogP contribution in [-0.2, 0) is 6.42 Å². The van der Waals surface area contributed by atoms with Crippen LogP contribution in [-0.4, -0.2) is 17.0 Å². The minimum absolute atomic E-state index is 0.126. The van der Waals surface area contributed by atoms with Gasteiger partial charge in [-0.3, -0.25) is 0 Å². The Morgan fingerprint density at radius 2 is 2.14 bits per heavy atom. The standard InChI is InChI=1S/C15H14BrClFN3/c1-19-15-12(16)14(8-5-6-8)20-11(21-15)7-9-3-2-4-10(17)13(9)18/h2-4,8H,5-7H2,1H3,(H,19,20,21). The molecule has 0 aliphatic heterocycles. The van der Waals surface area contributed by atoms with Gasteiger partial charge >= 0.3 is 0 Å². The molecule has 1 fully saturated rings. The number of nitrogens with one attached hydrogen (secondary N) is 1. The Kier molecular flexibility index (Phi) is 4.13. The predicted octanol–water partition coefficient (Wildman–Crippen LogP) is 4.54. The van der Waals surface area contributed by atoms with Crippen molar-refractivity contribution in [1.29, 1.82) is 0 Å². The summed E-state index contributed by atoms with van der Waals surface area (Å²) < 4.78 is 14.9. The highest BCUT2D eigenvalue weighted by atomic mass is 79.9. The molecule has 0 unspecified atom stereocenters. The number of benzene rings is 1. The summed E-state index contributed by atoms with van der Waals surface area (Å²) in [5, 5.41) is 3.18. The first-order valence-corrected chi connectivity index (χ1v) is 7.94. The Hall–Kier alpha value is -1.20. The van der Waals surface area contributed by atoms with Gasteiger partial charge in [0.2, 0.25) is 0 Å². The van der Waals surface area contributed by atoms with Crippen molar-refractivity contribution in [3.8, 4) is 0 Å². The third-order valence-corrected chi connectivity index (χ3v) is 4.58. The van der Waals surface area contributed by atoms with Gasteiger partial charge in [0.05, 0.1) is 15.2 Å². The van der Waals surface area contributed by atoms with Crippen LogP contribution >= 0.6 is 27.5 Å². The van der Waals surface area contributed by atoms with E-state index < -0.39 is 5.82 Å². The molecule has 0 bridgehead atoms. The first-order valence-electron chi connectivity index (χ1n) is 6.77. The Morgan fingerprint density at radius 1 is 1.38 bits per heavy atom. The van der Waals surface area contributed by atoms with Crippen molar-refractivity contribution < 1.29 is 4.39 Å². The molecule has 1 aliphatic rings. The summed E-state index contributed by atoms with van der Waals surface area (Å²) in [6, 6.07) is 4.99. The van der Waals surface area contributed by atoms with Crippen LogP contribution in [0.5, 0.6) is 0 Å². The van der Waals surface area contributed by atoms with Crippen LogP contribution in [0.1, 0.15) is 35.8 Å². The Bertz CT molecular complexity index is 689. The second-order valence-corrected chi connectivity index (χ2v) is 6.30. The second-order valence-electron chi connectivity index (χ2n) is 5.10. The Labute approximate surface area is 136 Å². The zero-order valence-electron chi connectivity index (χ0n) is 11.5. The fourth-order valence-corrected chi connectivity index (χ4v) is 3.13. The van der Waals surface area contributed by atoms with Gasteiger partial charge in [-0.1, -0.05) is 23.7 Å². The molecule has 110 valence electrons. The number of aromatic nitrogens is 2. The van der Waals surface area contributed by atoms with Crippen LogP contribution in [0.3, 0.4) is 0 Å². The number of nitrogens with zero attached hydrogens (tertiary/aromatic N) is 2. The zero-order chi connectivity index (χ0) is 15.0. The first kappa shape index (κ1) is 14.7. The van der Waals surface area contributed by atoms with Crippen molar-refractivity contribution in [1.82, 2.24) is 9.97 Å². The lowest BCUT2D eigenvalue weighted by Gasteiger charge is -2.11. The maximum atomic E-state index is 14.0. The molecule has 21 heavy (non-hydrogen) atoms. The first-order chi connectivity index (χ1) is 10.1. The van der Waals surface area contributed by atoms with Crippen molar-refractivity contribution in [2.75, 3.05) is 12.4 Å². The van der Waals surface area contributed by atoms with Crippen LogP contribution < -0.4 is 5.32 Å². The molecular weight excluding hydrogens is 357 g/mol. The summed E-state index contributed by atoms with van der Waals surface area (Å²) >= 11 is 9.36. The van der Waals surface area contributed by atoms with Gasteiger partial charge in [-0.2, -0.15) is 0 Å². The number of hydrogen-bond donors (Lipinski definition) is 1. The van der Waals surface area contributed by atoms with Crippen LogP contribution in [0.4, 0.5) is 10.2 Å². The number of rotatable bonds is 4. The van der Waals surface area contributed by atoms with Gasteiger partial charge in [-0.25, -0.2) is 14.4 Å². The highest BCUT2D eigenvalue weighted by molar-refractivity contribution is 9.10. The monoisotopic (exact) mass is 369 g/mol. The molecule has 1 aliphatic carbocycles. The highest BCUT2D eigenvalue weighted by Gasteiger charge is 2.29. The van der Waals surface area contributed by atoms with E-state index in [0.717, 1.165) is 28.8 Å². The molecule has 3 nitrogen and oxygen atoms in total. The maximum absolute atomic E-state index is 14.0. The molecule has 6 heteroatoms. The fraction of sp³-hybridized carbons (Fsp3) is 0.333. The largest absolute Gasteiger partial charge is 0.372 e. The van der Waals surface area contributed by atoms with E-state index in [1.54, 1.807) is 12.1 Å². The van der Waals surface area contributed by atoms with E-state index >= 15 is 0 Å². The molecule has 1 heterocycles. The molecule has 0 spiro atoms. The van der Waals surface area contributed by atoms with Crippen LogP contribution in [0.2, 0.25) is 5.02 Å². The maximum Gasteiger partial charge on any atom is 0.145 e. The van der Waals surface area contributed by atoms with E-state index in [1.807, 2.05) is 7.05 Å². The molecule has 2 aromatic rings. The predicted molar refractivity (Wildman–Crippen MR) is 85.5 cm³/mol. The van der Waals surface area contributed by atoms with Gasteiger partial charge < -0.3 is 5.32 Å². The zero-order valence-corrected chi connectivity index (χ0v) is 13.8. The fourth-order valence-electron chi connectivity index (χ4n) is 2.24. The van der Waals surface area contributed by atoms with E-state index in [9.17, 15) is 4.39 Å². The third kappa shape index (κ3) is 3.04. The number of halogens is 3. The average molecular weight is 371 g/mol. The molecular formula is C15H14BrClFN3. The minimum atomic E-state index is -0.398. The van der Waals surface area contributed by atoms with Gasteiger partial charge in [0.1, 0.15) is 17.5 Å². The number of hydrogen-bond acceptors (Lipinski definition) is 3. The molecule has 3 rings (SSSR count). The van der Waals surface area contributed by atoms with Crippen molar-refractivity contribution in [2.24, 2.45) is 0 Å². The van der Waals surface area contributed by atoms with Crippen LogP contribution in [0.15, 0.2) is 22.7 Å². The summed E-state index contributed by atoms with van der Waals surface area (Å²) in [6.07, 6.45) is 2.61. The summed E-state index contributed by atoms with van der Waals surface area (Å²) in [6.45, 7) is 0. The van der Waals surface area contributed by atoms with Crippen molar-refractivity contribution in [3.05, 3.63) is 50.6 Å². The third-order valence-electron chi connectivity index (χ3n) is 3.50. The minimum Gasteiger partial charge on any atom is -0.372 e. The lowest BCUT2D eigenvalue weighted by molar-refractivity contribution is 0.612. The molecule has 0 amide bonds. The molecule has 1 aromatic carbocycles. The SMILES string of the molecule is CNc1nc(Cc2cccc(Cl)c2F)nc(C2CC2)c1Br. The van der Waals surface area contributed by atoms with Gasteiger partial charge in [-0.05, 0) is 40.4 Å². The van der Waals surface area contributed by atoms with Gasteiger partial charge in [-0.15, -0.1) is 0 Å². The topological polar surface area (TPSA) is 37.8 Å². The van der Waals surface area contributed by atoms with E-state index in [4.69, 9.17) is 11.6 Å². The molecule has 1 saturated carbocycles. The Balaban J connectivity index is 1.98. The second kappa shape index (κ2) is 5.89. The molecule has 0 atom stereocenters.